The van der Waals surface area contributed by atoms with E-state index in [-0.39, 0.29) is 5.69 Å². The highest BCUT2D eigenvalue weighted by atomic mass is 32.2. The van der Waals surface area contributed by atoms with E-state index in [4.69, 9.17) is 5.11 Å². The minimum Gasteiger partial charge on any atom is -0.477 e. The summed E-state index contributed by atoms with van der Waals surface area (Å²) in [5.41, 5.74) is 2.33. The lowest BCUT2D eigenvalue weighted by molar-refractivity contribution is 0.0689. The van der Waals surface area contributed by atoms with E-state index in [1.807, 2.05) is 26.0 Å². The van der Waals surface area contributed by atoms with Gasteiger partial charge in [-0.15, -0.1) is 0 Å². The average Bonchev–Trinajstić information content (AvgIpc) is 2.33. The van der Waals surface area contributed by atoms with Crippen molar-refractivity contribution in [3.05, 3.63) is 47.3 Å². The molecule has 0 aliphatic rings. The fourth-order valence-corrected chi connectivity index (χ4v) is 2.33. The molecule has 0 aliphatic carbocycles. The third-order valence-corrected chi connectivity index (χ3v) is 3.44. The highest BCUT2D eigenvalue weighted by molar-refractivity contribution is 7.99. The molecular formula is C13H12N2O2S. The summed E-state index contributed by atoms with van der Waals surface area (Å²) in [7, 11) is 0. The monoisotopic (exact) mass is 260 g/mol. The van der Waals surface area contributed by atoms with Gasteiger partial charge in [0.15, 0.2) is 10.9 Å². The predicted octanol–water partition coefficient (Wildman–Crippen LogP) is 2.94. The number of aromatic carboxylic acids is 1. The first-order valence-electron chi connectivity index (χ1n) is 5.38. The third kappa shape index (κ3) is 2.87. The smallest absolute Gasteiger partial charge is 0.354 e. The molecule has 4 nitrogen and oxygen atoms in total. The van der Waals surface area contributed by atoms with Gasteiger partial charge >= 0.3 is 5.97 Å². The molecule has 18 heavy (non-hydrogen) atoms. The quantitative estimate of drug-likeness (QED) is 0.860. The molecule has 0 saturated heterocycles. The Morgan fingerprint density at radius 2 is 2.06 bits per heavy atom. The second kappa shape index (κ2) is 5.18. The highest BCUT2D eigenvalue weighted by Crippen LogP contribution is 2.28. The zero-order valence-corrected chi connectivity index (χ0v) is 10.9. The third-order valence-electron chi connectivity index (χ3n) is 2.38. The summed E-state index contributed by atoms with van der Waals surface area (Å²) in [5.74, 6) is -1.04. The van der Waals surface area contributed by atoms with Gasteiger partial charge in [-0.3, -0.25) is 0 Å². The Hall–Kier alpha value is -1.88. The van der Waals surface area contributed by atoms with Crippen LogP contribution in [0.2, 0.25) is 0 Å². The van der Waals surface area contributed by atoms with E-state index < -0.39 is 5.97 Å². The number of rotatable bonds is 3. The maximum atomic E-state index is 10.8. The number of carboxylic acids is 1. The number of hydrogen-bond acceptors (Lipinski definition) is 4. The Bertz CT molecular complexity index is 599. The normalized spacial score (nSPS) is 10.3. The summed E-state index contributed by atoms with van der Waals surface area (Å²) in [6.07, 6.45) is 1.46. The molecule has 1 N–H and O–H groups in total. The number of carboxylic acid groups (broad SMARTS) is 1. The summed E-state index contributed by atoms with van der Waals surface area (Å²) in [6.45, 7) is 4.04. The second-order valence-electron chi connectivity index (χ2n) is 3.90. The van der Waals surface area contributed by atoms with Crippen LogP contribution in [0.5, 0.6) is 0 Å². The Kier molecular flexibility index (Phi) is 3.62. The SMILES string of the molecule is Cc1ccc(Sc2nccc(C(=O)O)n2)c(C)c1. The summed E-state index contributed by atoms with van der Waals surface area (Å²) < 4.78 is 0. The Balaban J connectivity index is 2.28. The van der Waals surface area contributed by atoms with Crippen LogP contribution in [0.3, 0.4) is 0 Å². The lowest BCUT2D eigenvalue weighted by Crippen LogP contribution is -2.01. The number of nitrogens with zero attached hydrogens (tertiary/aromatic N) is 2. The molecule has 0 amide bonds. The van der Waals surface area contributed by atoms with Crippen molar-refractivity contribution in [2.45, 2.75) is 23.9 Å². The van der Waals surface area contributed by atoms with Crippen molar-refractivity contribution in [2.75, 3.05) is 0 Å². The molecule has 0 radical (unpaired) electrons. The number of carbonyl (C=O) groups is 1. The van der Waals surface area contributed by atoms with Gasteiger partial charge in [0.25, 0.3) is 0 Å². The van der Waals surface area contributed by atoms with Crippen molar-refractivity contribution in [2.24, 2.45) is 0 Å². The molecule has 2 aromatic rings. The molecule has 0 saturated carbocycles. The summed E-state index contributed by atoms with van der Waals surface area (Å²) in [6, 6.07) is 7.46. The zero-order chi connectivity index (χ0) is 13.1. The Morgan fingerprint density at radius 3 is 2.72 bits per heavy atom. The molecular weight excluding hydrogens is 248 g/mol. The van der Waals surface area contributed by atoms with Crippen LogP contribution >= 0.6 is 11.8 Å². The van der Waals surface area contributed by atoms with Crippen LogP contribution in [-0.2, 0) is 0 Å². The van der Waals surface area contributed by atoms with E-state index in [0.29, 0.717) is 5.16 Å². The molecule has 92 valence electrons. The van der Waals surface area contributed by atoms with Crippen LogP contribution in [0.4, 0.5) is 0 Å². The van der Waals surface area contributed by atoms with Crippen LogP contribution in [-0.4, -0.2) is 21.0 Å². The molecule has 0 fully saturated rings. The minimum atomic E-state index is -1.04. The Morgan fingerprint density at radius 1 is 1.28 bits per heavy atom. The predicted molar refractivity (Wildman–Crippen MR) is 69.0 cm³/mol. The second-order valence-corrected chi connectivity index (χ2v) is 4.91. The lowest BCUT2D eigenvalue weighted by atomic mass is 10.2. The molecule has 0 aliphatic heterocycles. The van der Waals surface area contributed by atoms with Gasteiger partial charge in [0.2, 0.25) is 0 Å². The number of hydrogen-bond donors (Lipinski definition) is 1. The van der Waals surface area contributed by atoms with Gasteiger partial charge in [-0.2, -0.15) is 0 Å². The largest absolute Gasteiger partial charge is 0.477 e. The van der Waals surface area contributed by atoms with E-state index >= 15 is 0 Å². The van der Waals surface area contributed by atoms with Gasteiger partial charge in [0.05, 0.1) is 0 Å². The lowest BCUT2D eigenvalue weighted by Gasteiger charge is -2.05. The standard InChI is InChI=1S/C13H12N2O2S/c1-8-3-4-11(9(2)7-8)18-13-14-6-5-10(15-13)12(16)17/h3-7H,1-2H3,(H,16,17). The summed E-state index contributed by atoms with van der Waals surface area (Å²) >= 11 is 1.37. The van der Waals surface area contributed by atoms with E-state index in [2.05, 4.69) is 16.0 Å². The molecule has 0 unspecified atom stereocenters. The molecule has 1 heterocycles. The van der Waals surface area contributed by atoms with Gasteiger partial charge < -0.3 is 5.11 Å². The summed E-state index contributed by atoms with van der Waals surface area (Å²) in [4.78, 5) is 19.9. The van der Waals surface area contributed by atoms with E-state index in [1.165, 1.54) is 29.6 Å². The maximum Gasteiger partial charge on any atom is 0.354 e. The zero-order valence-electron chi connectivity index (χ0n) is 10.0. The highest BCUT2D eigenvalue weighted by Gasteiger charge is 2.08. The van der Waals surface area contributed by atoms with Crippen molar-refractivity contribution in [3.63, 3.8) is 0 Å². The first-order chi connectivity index (χ1) is 8.56. The van der Waals surface area contributed by atoms with Crippen LogP contribution in [0, 0.1) is 13.8 Å². The first-order valence-corrected chi connectivity index (χ1v) is 6.19. The van der Waals surface area contributed by atoms with Crippen molar-refractivity contribution in [1.29, 1.82) is 0 Å². The molecule has 5 heteroatoms. The number of aromatic nitrogens is 2. The number of aryl methyl sites for hydroxylation is 2. The molecule has 2 rings (SSSR count). The van der Waals surface area contributed by atoms with Gasteiger partial charge in [-0.1, -0.05) is 17.7 Å². The van der Waals surface area contributed by atoms with Crippen molar-refractivity contribution in [1.82, 2.24) is 9.97 Å². The van der Waals surface area contributed by atoms with Gasteiger partial charge in [-0.05, 0) is 43.3 Å². The molecule has 1 aromatic heterocycles. The number of benzene rings is 1. The summed E-state index contributed by atoms with van der Waals surface area (Å²) in [5, 5.41) is 9.31. The van der Waals surface area contributed by atoms with Crippen LogP contribution in [0.1, 0.15) is 21.6 Å². The molecule has 0 spiro atoms. The van der Waals surface area contributed by atoms with Crippen LogP contribution in [0.15, 0.2) is 40.5 Å². The van der Waals surface area contributed by atoms with Crippen LogP contribution < -0.4 is 0 Å². The topological polar surface area (TPSA) is 63.1 Å². The van der Waals surface area contributed by atoms with Crippen molar-refractivity contribution < 1.29 is 9.90 Å². The Labute approximate surface area is 109 Å². The van der Waals surface area contributed by atoms with Gasteiger partial charge in [0.1, 0.15) is 0 Å². The maximum absolute atomic E-state index is 10.8. The van der Waals surface area contributed by atoms with Gasteiger partial charge in [0, 0.05) is 11.1 Å². The van der Waals surface area contributed by atoms with Crippen molar-refractivity contribution >= 4 is 17.7 Å². The fourth-order valence-electron chi connectivity index (χ4n) is 1.52. The van der Waals surface area contributed by atoms with Crippen LogP contribution in [0.25, 0.3) is 0 Å². The molecule has 0 atom stereocenters. The molecule has 1 aromatic carbocycles. The van der Waals surface area contributed by atoms with Crippen molar-refractivity contribution in [3.8, 4) is 0 Å². The fraction of sp³-hybridized carbons (Fsp3) is 0.154. The first kappa shape index (κ1) is 12.6. The van der Waals surface area contributed by atoms with Gasteiger partial charge in [-0.25, -0.2) is 14.8 Å². The van der Waals surface area contributed by atoms with E-state index in [1.54, 1.807) is 0 Å². The average molecular weight is 260 g/mol. The van der Waals surface area contributed by atoms with E-state index in [9.17, 15) is 4.79 Å². The minimum absolute atomic E-state index is 0.0114. The molecule has 0 bridgehead atoms. The van der Waals surface area contributed by atoms with E-state index in [0.717, 1.165) is 10.5 Å².